The fourth-order valence-electron chi connectivity index (χ4n) is 10.1. The van der Waals surface area contributed by atoms with Crippen LogP contribution in [0.2, 0.25) is 0 Å². The van der Waals surface area contributed by atoms with Crippen molar-refractivity contribution in [2.75, 3.05) is 11.4 Å². The normalized spacial score (nSPS) is 19.6. The smallest absolute Gasteiger partial charge is 0.0609 e. The molecule has 0 fully saturated rings. The van der Waals surface area contributed by atoms with Gasteiger partial charge in [-0.15, -0.1) is 0 Å². The van der Waals surface area contributed by atoms with Crippen molar-refractivity contribution >= 4 is 60.3 Å². The van der Waals surface area contributed by atoms with Gasteiger partial charge >= 0.3 is 0 Å². The number of rotatable bonds is 1. The van der Waals surface area contributed by atoms with E-state index in [1.807, 2.05) is 0 Å². The van der Waals surface area contributed by atoms with Crippen LogP contribution < -0.4 is 4.90 Å². The number of hydrogen-bond donors (Lipinski definition) is 0. The zero-order valence-corrected chi connectivity index (χ0v) is 26.5. The van der Waals surface area contributed by atoms with Gasteiger partial charge in [-0.3, -0.25) is 0 Å². The fourth-order valence-corrected chi connectivity index (χ4v) is 10.1. The lowest BCUT2D eigenvalue weighted by Crippen LogP contribution is -2.48. The van der Waals surface area contributed by atoms with Gasteiger partial charge in [-0.05, 0) is 56.8 Å². The summed E-state index contributed by atoms with van der Waals surface area (Å²) in [7, 11) is 0. The molecule has 2 unspecified atom stereocenters. The lowest BCUT2D eigenvalue weighted by molar-refractivity contribution is 0.422. The van der Waals surface area contributed by atoms with E-state index in [2.05, 4.69) is 162 Å². The minimum absolute atomic E-state index is 0.192. The molecule has 12 rings (SSSR count). The molecule has 2 aliphatic heterocycles. The van der Waals surface area contributed by atoms with Crippen LogP contribution in [0.1, 0.15) is 18.1 Å². The van der Waals surface area contributed by atoms with Crippen LogP contribution in [0.15, 0.2) is 146 Å². The number of allylic oxidation sites excluding steroid dienone is 3. The van der Waals surface area contributed by atoms with E-state index in [1.54, 1.807) is 0 Å². The summed E-state index contributed by atoms with van der Waals surface area (Å²) in [6, 6.07) is 47.8. The van der Waals surface area contributed by atoms with E-state index in [0.29, 0.717) is 5.92 Å². The van der Waals surface area contributed by atoms with Gasteiger partial charge in [-0.1, -0.05) is 134 Å². The molecular formula is C46H30N2. The molecule has 0 amide bonds. The molecule has 2 atom stereocenters. The molecule has 0 radical (unpaired) electrons. The zero-order chi connectivity index (χ0) is 31.3. The summed E-state index contributed by atoms with van der Waals surface area (Å²) >= 11 is 0. The summed E-state index contributed by atoms with van der Waals surface area (Å²) in [5, 5.41) is 7.98. The van der Waals surface area contributed by atoms with Crippen molar-refractivity contribution < 1.29 is 0 Å². The maximum absolute atomic E-state index is 2.65. The minimum Gasteiger partial charge on any atom is -0.340 e. The second-order valence-corrected chi connectivity index (χ2v) is 14.2. The van der Waals surface area contributed by atoms with E-state index in [-0.39, 0.29) is 5.41 Å². The van der Waals surface area contributed by atoms with Gasteiger partial charge in [0.1, 0.15) is 0 Å². The number of aromatic nitrogens is 1. The standard InChI is InChI=1S/C46H30N2/c1-46-25-11-20-29-30-14-6-8-21-38(30)47(26-37(29)46)44-34-16-5-4-15-32(34)42-36-17-7-9-22-39(36)48(45(42)43(44)46)40-24-23-33-28-13-3-2-12-27(28)31-18-10-19-35(40)41(31)33/h2-25,37H,26H2,1H3. The number of benzene rings is 7. The Bertz CT molecular complexity index is 2820. The summed E-state index contributed by atoms with van der Waals surface area (Å²) in [4.78, 5) is 2.65. The average molecular weight is 611 g/mol. The van der Waals surface area contributed by atoms with Gasteiger partial charge in [0.15, 0.2) is 0 Å². The third kappa shape index (κ3) is 2.80. The highest BCUT2D eigenvalue weighted by molar-refractivity contribution is 6.27. The van der Waals surface area contributed by atoms with Gasteiger partial charge in [0, 0.05) is 56.2 Å². The van der Waals surface area contributed by atoms with Crippen molar-refractivity contribution in [3.8, 4) is 27.9 Å². The first-order chi connectivity index (χ1) is 23.7. The van der Waals surface area contributed by atoms with Gasteiger partial charge in [0.25, 0.3) is 0 Å². The van der Waals surface area contributed by atoms with Crippen molar-refractivity contribution in [2.24, 2.45) is 5.92 Å². The minimum atomic E-state index is -0.192. The largest absolute Gasteiger partial charge is 0.340 e. The molecule has 4 aliphatic rings. The van der Waals surface area contributed by atoms with Crippen LogP contribution in [0.4, 0.5) is 11.4 Å². The SMILES string of the molecule is CC12C=CC=C3c4ccccc4N(CC31)c1c2c2c(c3ccccc13)c1ccccc1n2-c1ccc2c3c(cccc13)-c1ccccc1-2. The Morgan fingerprint density at radius 3 is 2.08 bits per heavy atom. The molecule has 2 aliphatic carbocycles. The van der Waals surface area contributed by atoms with Crippen LogP contribution in [-0.4, -0.2) is 11.1 Å². The van der Waals surface area contributed by atoms with Crippen LogP contribution in [-0.2, 0) is 5.41 Å². The van der Waals surface area contributed by atoms with Crippen molar-refractivity contribution in [2.45, 2.75) is 12.3 Å². The molecule has 1 aromatic heterocycles. The quantitative estimate of drug-likeness (QED) is 0.179. The molecule has 3 heterocycles. The lowest BCUT2D eigenvalue weighted by Gasteiger charge is -2.53. The second-order valence-electron chi connectivity index (χ2n) is 14.2. The average Bonchev–Trinajstić information content (AvgIpc) is 3.66. The maximum atomic E-state index is 2.65. The fraction of sp³-hybridized carbons (Fsp3) is 0.0870. The monoisotopic (exact) mass is 610 g/mol. The third-order valence-electron chi connectivity index (χ3n) is 12.1. The predicted molar refractivity (Wildman–Crippen MR) is 202 cm³/mol. The summed E-state index contributed by atoms with van der Waals surface area (Å²) < 4.78 is 2.63. The molecule has 0 saturated carbocycles. The Morgan fingerprint density at radius 2 is 1.23 bits per heavy atom. The van der Waals surface area contributed by atoms with Gasteiger partial charge in [-0.25, -0.2) is 0 Å². The van der Waals surface area contributed by atoms with Gasteiger partial charge in [0.05, 0.1) is 22.4 Å². The zero-order valence-electron chi connectivity index (χ0n) is 26.5. The van der Waals surface area contributed by atoms with Crippen LogP contribution in [0.5, 0.6) is 0 Å². The molecule has 2 bridgehead atoms. The van der Waals surface area contributed by atoms with Crippen LogP contribution in [0, 0.1) is 5.92 Å². The van der Waals surface area contributed by atoms with E-state index >= 15 is 0 Å². The second kappa shape index (κ2) is 8.53. The van der Waals surface area contributed by atoms with E-state index in [4.69, 9.17) is 0 Å². The van der Waals surface area contributed by atoms with Gasteiger partial charge in [0.2, 0.25) is 0 Å². The summed E-state index contributed by atoms with van der Waals surface area (Å²) in [5.41, 5.74) is 15.9. The molecule has 0 N–H and O–H groups in total. The van der Waals surface area contributed by atoms with E-state index in [0.717, 1.165) is 6.54 Å². The first-order valence-corrected chi connectivity index (χ1v) is 17.1. The number of anilines is 2. The van der Waals surface area contributed by atoms with Crippen molar-refractivity contribution in [3.63, 3.8) is 0 Å². The first-order valence-electron chi connectivity index (χ1n) is 17.1. The highest BCUT2D eigenvalue weighted by Gasteiger charge is 2.50. The first kappa shape index (κ1) is 25.3. The summed E-state index contributed by atoms with van der Waals surface area (Å²) in [6.07, 6.45) is 7.21. The van der Waals surface area contributed by atoms with Crippen LogP contribution in [0.25, 0.3) is 76.9 Å². The van der Waals surface area contributed by atoms with Crippen LogP contribution in [0.3, 0.4) is 0 Å². The van der Waals surface area contributed by atoms with E-state index < -0.39 is 0 Å². The molecule has 2 heteroatoms. The molecule has 2 nitrogen and oxygen atoms in total. The van der Waals surface area contributed by atoms with Crippen molar-refractivity contribution in [1.29, 1.82) is 0 Å². The van der Waals surface area contributed by atoms with Crippen LogP contribution >= 0.6 is 0 Å². The predicted octanol–water partition coefficient (Wildman–Crippen LogP) is 11.7. The number of para-hydroxylation sites is 2. The molecule has 48 heavy (non-hydrogen) atoms. The Balaban J connectivity index is 1.32. The highest BCUT2D eigenvalue weighted by atomic mass is 15.2. The van der Waals surface area contributed by atoms with E-state index in [9.17, 15) is 0 Å². The number of hydrogen-bond acceptors (Lipinski definition) is 1. The summed E-state index contributed by atoms with van der Waals surface area (Å²) in [6.45, 7) is 3.48. The Kier molecular flexibility index (Phi) is 4.49. The van der Waals surface area contributed by atoms with Gasteiger partial charge < -0.3 is 9.47 Å². The molecular weight excluding hydrogens is 581 g/mol. The maximum Gasteiger partial charge on any atom is 0.0609 e. The highest BCUT2D eigenvalue weighted by Crippen LogP contribution is 2.62. The Labute approximate surface area is 278 Å². The third-order valence-corrected chi connectivity index (χ3v) is 12.1. The molecule has 8 aromatic rings. The molecule has 0 saturated heterocycles. The Morgan fingerprint density at radius 1 is 0.562 bits per heavy atom. The van der Waals surface area contributed by atoms with Crippen molar-refractivity contribution in [3.05, 3.63) is 157 Å². The summed E-state index contributed by atoms with van der Waals surface area (Å²) in [5.74, 6) is 0.350. The van der Waals surface area contributed by atoms with E-state index in [1.165, 1.54) is 99.4 Å². The number of nitrogens with zero attached hydrogens (tertiary/aromatic N) is 2. The molecule has 224 valence electrons. The lowest BCUT2D eigenvalue weighted by atomic mass is 9.60. The van der Waals surface area contributed by atoms with Gasteiger partial charge in [-0.2, -0.15) is 0 Å². The molecule has 0 spiro atoms. The Hall–Kier alpha value is -5.86. The molecule has 7 aromatic carbocycles. The van der Waals surface area contributed by atoms with Crippen molar-refractivity contribution in [1.82, 2.24) is 4.57 Å². The topological polar surface area (TPSA) is 8.17 Å². The number of fused-ring (bicyclic) bond motifs is 17.